The number of nitrogens with two attached hydrogens (primary N) is 1. The van der Waals surface area contributed by atoms with Crippen molar-refractivity contribution in [1.29, 1.82) is 0 Å². The van der Waals surface area contributed by atoms with Gasteiger partial charge in [-0.3, -0.25) is 0 Å². The number of aromatic nitrogens is 2. The predicted octanol–water partition coefficient (Wildman–Crippen LogP) is 2.11. The van der Waals surface area contributed by atoms with Crippen molar-refractivity contribution < 1.29 is 9.37 Å². The number of halogens is 1. The van der Waals surface area contributed by atoms with E-state index >= 15 is 0 Å². The summed E-state index contributed by atoms with van der Waals surface area (Å²) in [6, 6.07) is 5.47. The lowest BCUT2D eigenvalue weighted by atomic mass is 10.1. The van der Waals surface area contributed by atoms with Crippen LogP contribution in [0.15, 0.2) is 22.8 Å². The second kappa shape index (κ2) is 5.84. The fraction of sp³-hybridized carbons (Fsp3) is 0.333. The van der Waals surface area contributed by atoms with E-state index < -0.39 is 0 Å². The van der Waals surface area contributed by atoms with Gasteiger partial charge in [0.25, 0.3) is 0 Å². The van der Waals surface area contributed by atoms with Gasteiger partial charge in [-0.15, -0.1) is 0 Å². The van der Waals surface area contributed by atoms with Crippen molar-refractivity contribution in [2.45, 2.75) is 20.0 Å². The topological polar surface area (TPSA) is 74.2 Å². The summed E-state index contributed by atoms with van der Waals surface area (Å²) < 4.78 is 10.3. The van der Waals surface area contributed by atoms with Crippen LogP contribution in [-0.2, 0) is 13.0 Å². The first-order chi connectivity index (χ1) is 8.70. The number of nitrogens with zero attached hydrogens (tertiary/aromatic N) is 2. The summed E-state index contributed by atoms with van der Waals surface area (Å²) in [5.41, 5.74) is 7.95. The Hall–Kier alpha value is -1.59. The molecular weight excluding hydrogens is 254 g/mol. The van der Waals surface area contributed by atoms with Crippen molar-refractivity contribution in [2.24, 2.45) is 5.73 Å². The highest BCUT2D eigenvalue weighted by molar-refractivity contribution is 6.30. The molecule has 1 heterocycles. The van der Waals surface area contributed by atoms with Crippen molar-refractivity contribution in [1.82, 2.24) is 10.3 Å². The Balaban J connectivity index is 2.11. The zero-order valence-corrected chi connectivity index (χ0v) is 10.8. The van der Waals surface area contributed by atoms with Gasteiger partial charge in [0.05, 0.1) is 0 Å². The van der Waals surface area contributed by atoms with Crippen molar-refractivity contribution in [3.05, 3.63) is 40.2 Å². The van der Waals surface area contributed by atoms with E-state index in [1.54, 1.807) is 6.07 Å². The van der Waals surface area contributed by atoms with Crippen LogP contribution in [-0.4, -0.2) is 16.9 Å². The summed E-state index contributed by atoms with van der Waals surface area (Å²) in [5.74, 6) is 0.757. The quantitative estimate of drug-likeness (QED) is 0.898. The second-order valence-electron chi connectivity index (χ2n) is 3.88. The lowest BCUT2D eigenvalue weighted by Gasteiger charge is -2.10. The average molecular weight is 268 g/mol. The van der Waals surface area contributed by atoms with E-state index in [9.17, 15) is 0 Å². The van der Waals surface area contributed by atoms with Gasteiger partial charge in [-0.2, -0.15) is 0 Å². The third kappa shape index (κ3) is 3.00. The molecule has 0 atom stereocenters. The highest BCUT2D eigenvalue weighted by atomic mass is 35.5. The lowest BCUT2D eigenvalue weighted by Crippen LogP contribution is -2.06. The standard InChI is InChI=1S/C12H14ClN3O2/c1-8-11(16-18-15-8)7-17-12-3-2-10(13)6-9(12)4-5-14/h2-3,6H,4-5,7,14H2,1H3. The minimum atomic E-state index is 0.314. The van der Waals surface area contributed by atoms with E-state index in [0.717, 1.165) is 17.0 Å². The second-order valence-corrected chi connectivity index (χ2v) is 4.31. The molecule has 0 saturated carbocycles. The number of hydrogen-bond donors (Lipinski definition) is 1. The molecule has 0 aliphatic heterocycles. The molecule has 1 aromatic carbocycles. The smallest absolute Gasteiger partial charge is 0.145 e. The maximum absolute atomic E-state index is 5.94. The molecular formula is C12H14ClN3O2. The molecule has 6 heteroatoms. The fourth-order valence-electron chi connectivity index (χ4n) is 1.57. The zero-order chi connectivity index (χ0) is 13.0. The van der Waals surface area contributed by atoms with Crippen LogP contribution >= 0.6 is 11.6 Å². The molecule has 0 bridgehead atoms. The van der Waals surface area contributed by atoms with E-state index in [0.29, 0.717) is 30.3 Å². The SMILES string of the molecule is Cc1nonc1COc1ccc(Cl)cc1CCN. The van der Waals surface area contributed by atoms with Crippen LogP contribution in [0.2, 0.25) is 5.02 Å². The van der Waals surface area contributed by atoms with Crippen molar-refractivity contribution in [3.63, 3.8) is 0 Å². The minimum Gasteiger partial charge on any atom is -0.487 e. The number of benzene rings is 1. The Morgan fingerprint density at radius 1 is 1.39 bits per heavy atom. The summed E-state index contributed by atoms with van der Waals surface area (Å²) in [7, 11) is 0. The summed E-state index contributed by atoms with van der Waals surface area (Å²) in [6.45, 7) is 2.67. The molecule has 0 fully saturated rings. The monoisotopic (exact) mass is 267 g/mol. The summed E-state index contributed by atoms with van der Waals surface area (Å²) in [6.07, 6.45) is 0.714. The van der Waals surface area contributed by atoms with E-state index in [1.165, 1.54) is 0 Å². The molecule has 0 radical (unpaired) electrons. The molecule has 2 rings (SSSR count). The largest absolute Gasteiger partial charge is 0.487 e. The number of aryl methyl sites for hydroxylation is 1. The van der Waals surface area contributed by atoms with Crippen LogP contribution in [0.5, 0.6) is 5.75 Å². The maximum atomic E-state index is 5.94. The summed E-state index contributed by atoms with van der Waals surface area (Å²) >= 11 is 5.94. The Bertz CT molecular complexity index is 528. The molecule has 1 aromatic heterocycles. The Labute approximate surface area is 110 Å². The molecule has 18 heavy (non-hydrogen) atoms. The molecule has 0 aliphatic rings. The Morgan fingerprint density at radius 3 is 2.89 bits per heavy atom. The molecule has 5 nitrogen and oxygen atoms in total. The first-order valence-corrected chi connectivity index (χ1v) is 5.98. The molecule has 0 aliphatic carbocycles. The van der Waals surface area contributed by atoms with Crippen LogP contribution in [0.25, 0.3) is 0 Å². The first-order valence-electron chi connectivity index (χ1n) is 5.60. The van der Waals surface area contributed by atoms with Crippen molar-refractivity contribution >= 4 is 11.6 Å². The molecule has 0 saturated heterocycles. The van der Waals surface area contributed by atoms with Crippen LogP contribution in [0.1, 0.15) is 17.0 Å². The van der Waals surface area contributed by atoms with E-state index in [1.807, 2.05) is 19.1 Å². The van der Waals surface area contributed by atoms with Crippen LogP contribution in [0.3, 0.4) is 0 Å². The van der Waals surface area contributed by atoms with Crippen LogP contribution in [0.4, 0.5) is 0 Å². The van der Waals surface area contributed by atoms with Gasteiger partial charge in [-0.25, -0.2) is 4.63 Å². The van der Waals surface area contributed by atoms with Gasteiger partial charge in [0.15, 0.2) is 0 Å². The summed E-state index contributed by atoms with van der Waals surface area (Å²) in [4.78, 5) is 0. The summed E-state index contributed by atoms with van der Waals surface area (Å²) in [5, 5.41) is 8.13. The number of rotatable bonds is 5. The van der Waals surface area contributed by atoms with E-state index in [4.69, 9.17) is 22.1 Å². The van der Waals surface area contributed by atoms with Crippen molar-refractivity contribution in [2.75, 3.05) is 6.54 Å². The van der Waals surface area contributed by atoms with Gasteiger partial charge in [-0.1, -0.05) is 21.9 Å². The minimum absolute atomic E-state index is 0.314. The third-order valence-electron chi connectivity index (χ3n) is 2.55. The Kier molecular flexibility index (Phi) is 4.17. The molecule has 2 aromatic rings. The highest BCUT2D eigenvalue weighted by Crippen LogP contribution is 2.24. The molecule has 0 spiro atoms. The van der Waals surface area contributed by atoms with E-state index in [-0.39, 0.29) is 0 Å². The van der Waals surface area contributed by atoms with E-state index in [2.05, 4.69) is 14.9 Å². The highest BCUT2D eigenvalue weighted by Gasteiger charge is 2.08. The molecule has 2 N–H and O–H groups in total. The zero-order valence-electron chi connectivity index (χ0n) is 10.0. The van der Waals surface area contributed by atoms with Gasteiger partial charge >= 0.3 is 0 Å². The van der Waals surface area contributed by atoms with Crippen LogP contribution < -0.4 is 10.5 Å². The van der Waals surface area contributed by atoms with Crippen molar-refractivity contribution in [3.8, 4) is 5.75 Å². The van der Waals surface area contributed by atoms with Gasteiger partial charge in [0.1, 0.15) is 23.7 Å². The predicted molar refractivity (Wildman–Crippen MR) is 67.6 cm³/mol. The van der Waals surface area contributed by atoms with Gasteiger partial charge < -0.3 is 10.5 Å². The Morgan fingerprint density at radius 2 is 2.22 bits per heavy atom. The van der Waals surface area contributed by atoms with Gasteiger partial charge in [0, 0.05) is 5.02 Å². The number of ether oxygens (including phenoxy) is 1. The van der Waals surface area contributed by atoms with Crippen LogP contribution in [0, 0.1) is 6.92 Å². The normalized spacial score (nSPS) is 10.6. The molecule has 0 unspecified atom stereocenters. The lowest BCUT2D eigenvalue weighted by molar-refractivity contribution is 0.268. The maximum Gasteiger partial charge on any atom is 0.145 e. The third-order valence-corrected chi connectivity index (χ3v) is 2.78. The van der Waals surface area contributed by atoms with Gasteiger partial charge in [0.2, 0.25) is 0 Å². The molecule has 0 amide bonds. The first kappa shape index (κ1) is 12.9. The fourth-order valence-corrected chi connectivity index (χ4v) is 1.76. The van der Waals surface area contributed by atoms with Gasteiger partial charge in [-0.05, 0) is 43.7 Å². The molecule has 96 valence electrons. The number of hydrogen-bond acceptors (Lipinski definition) is 5. The average Bonchev–Trinajstić information content (AvgIpc) is 2.74.